The fraction of sp³-hybridized carbons (Fsp3) is 1.00. The summed E-state index contributed by atoms with van der Waals surface area (Å²) in [6, 6.07) is 0. The van der Waals surface area contributed by atoms with Gasteiger partial charge in [-0.1, -0.05) is 46.0 Å². The van der Waals surface area contributed by atoms with E-state index in [4.69, 9.17) is 14.9 Å². The summed E-state index contributed by atoms with van der Waals surface area (Å²) in [6.45, 7) is 6.74. The highest BCUT2D eigenvalue weighted by molar-refractivity contribution is 4.58. The van der Waals surface area contributed by atoms with Gasteiger partial charge in [0.2, 0.25) is 0 Å². The Bertz CT molecular complexity index is 189. The average Bonchev–Trinajstić information content (AvgIpc) is 2.44. The molecule has 21 heavy (non-hydrogen) atoms. The van der Waals surface area contributed by atoms with Crippen LogP contribution in [0.1, 0.15) is 78.1 Å². The number of hydrogen-bond acceptors (Lipinski definition) is 3. The Labute approximate surface area is 132 Å². The third-order valence-electron chi connectivity index (χ3n) is 4.05. The van der Waals surface area contributed by atoms with Crippen molar-refractivity contribution in [1.82, 2.24) is 0 Å². The minimum absolute atomic E-state index is 0.225. The van der Waals surface area contributed by atoms with E-state index in [9.17, 15) is 0 Å². The van der Waals surface area contributed by atoms with E-state index in [0.717, 1.165) is 44.8 Å². The van der Waals surface area contributed by atoms with Gasteiger partial charge in [-0.15, -0.1) is 0 Å². The fourth-order valence-corrected chi connectivity index (χ4v) is 2.66. The van der Waals surface area contributed by atoms with Crippen LogP contribution in [-0.4, -0.2) is 36.6 Å². The summed E-state index contributed by atoms with van der Waals surface area (Å²) in [5, 5.41) is 17.9. The van der Waals surface area contributed by atoms with Crippen molar-refractivity contribution in [1.29, 1.82) is 0 Å². The summed E-state index contributed by atoms with van der Waals surface area (Å²) >= 11 is 0. The lowest BCUT2D eigenvalue weighted by Crippen LogP contribution is -2.07. The lowest BCUT2D eigenvalue weighted by Gasteiger charge is -2.14. The molecule has 0 aliphatic heterocycles. The Morgan fingerprint density at radius 1 is 0.667 bits per heavy atom. The van der Waals surface area contributed by atoms with Crippen LogP contribution in [0.15, 0.2) is 0 Å². The minimum atomic E-state index is 0.225. The Morgan fingerprint density at radius 3 is 1.86 bits per heavy atom. The van der Waals surface area contributed by atoms with Crippen molar-refractivity contribution in [3.05, 3.63) is 0 Å². The van der Waals surface area contributed by atoms with Crippen molar-refractivity contribution in [3.8, 4) is 0 Å². The molecule has 0 aromatic rings. The van der Waals surface area contributed by atoms with Gasteiger partial charge in [-0.2, -0.15) is 0 Å². The average molecular weight is 302 g/mol. The van der Waals surface area contributed by atoms with E-state index in [1.165, 1.54) is 38.5 Å². The number of aliphatic hydroxyl groups is 2. The lowest BCUT2D eigenvalue weighted by atomic mass is 9.97. The molecule has 0 atom stereocenters. The smallest absolute Gasteiger partial charge is 0.0466 e. The third-order valence-corrected chi connectivity index (χ3v) is 4.05. The maximum atomic E-state index is 8.94. The molecular formula is C18H38O3. The molecule has 0 unspecified atom stereocenters. The summed E-state index contributed by atoms with van der Waals surface area (Å²) in [5.74, 6) is 1.29. The van der Waals surface area contributed by atoms with Crippen LogP contribution in [0.5, 0.6) is 0 Å². The summed E-state index contributed by atoms with van der Waals surface area (Å²) in [5.41, 5.74) is 0. The molecule has 0 heterocycles. The van der Waals surface area contributed by atoms with Crippen molar-refractivity contribution < 1.29 is 14.9 Å². The van der Waals surface area contributed by atoms with Gasteiger partial charge in [0.25, 0.3) is 0 Å². The molecular weight excluding hydrogens is 264 g/mol. The molecule has 128 valence electrons. The second-order valence-corrected chi connectivity index (χ2v) is 6.60. The molecule has 0 bridgehead atoms. The number of rotatable bonds is 16. The van der Waals surface area contributed by atoms with Gasteiger partial charge in [-0.3, -0.25) is 0 Å². The first kappa shape index (κ1) is 20.9. The highest BCUT2D eigenvalue weighted by Gasteiger charge is 2.07. The number of aliphatic hydroxyl groups excluding tert-OH is 2. The molecule has 0 aliphatic rings. The summed E-state index contributed by atoms with van der Waals surface area (Å²) in [4.78, 5) is 0. The molecule has 2 N–H and O–H groups in total. The molecule has 0 aliphatic carbocycles. The van der Waals surface area contributed by atoms with Crippen molar-refractivity contribution in [3.63, 3.8) is 0 Å². The standard InChI is InChI=1S/C18H38O3/c1-17(2)9-6-4-3-5-7-15-21-16-8-10-18(11-13-19)12-14-20/h17-20H,3-16H2,1-2H3. The molecule has 3 heteroatoms. The molecule has 0 fully saturated rings. The zero-order valence-electron chi connectivity index (χ0n) is 14.4. The molecule has 0 aromatic carbocycles. The fourth-order valence-electron chi connectivity index (χ4n) is 2.66. The van der Waals surface area contributed by atoms with Crippen LogP contribution < -0.4 is 0 Å². The van der Waals surface area contributed by atoms with Gasteiger partial charge in [-0.25, -0.2) is 0 Å². The van der Waals surface area contributed by atoms with Crippen LogP contribution in [0.25, 0.3) is 0 Å². The van der Waals surface area contributed by atoms with Crippen LogP contribution in [0, 0.1) is 11.8 Å². The Hall–Kier alpha value is -0.120. The van der Waals surface area contributed by atoms with Gasteiger partial charge in [0.15, 0.2) is 0 Å². The topological polar surface area (TPSA) is 49.7 Å². The predicted molar refractivity (Wildman–Crippen MR) is 89.5 cm³/mol. The van der Waals surface area contributed by atoms with Crippen molar-refractivity contribution in [2.45, 2.75) is 78.1 Å². The Kier molecular flexibility index (Phi) is 16.2. The first-order valence-electron chi connectivity index (χ1n) is 9.00. The highest BCUT2D eigenvalue weighted by Crippen LogP contribution is 2.15. The molecule has 3 nitrogen and oxygen atoms in total. The summed E-state index contributed by atoms with van der Waals surface area (Å²) in [7, 11) is 0. The largest absolute Gasteiger partial charge is 0.396 e. The molecule has 0 saturated carbocycles. The molecule has 0 saturated heterocycles. The predicted octanol–water partition coefficient (Wildman–Crippen LogP) is 4.16. The minimum Gasteiger partial charge on any atom is -0.396 e. The molecule has 0 aromatic heterocycles. The van der Waals surface area contributed by atoms with Crippen LogP contribution in [-0.2, 0) is 4.74 Å². The lowest BCUT2D eigenvalue weighted by molar-refractivity contribution is 0.118. The summed E-state index contributed by atoms with van der Waals surface area (Å²) < 4.78 is 5.66. The van der Waals surface area contributed by atoms with Gasteiger partial charge in [0, 0.05) is 26.4 Å². The van der Waals surface area contributed by atoms with Crippen LogP contribution in [0.2, 0.25) is 0 Å². The van der Waals surface area contributed by atoms with Gasteiger partial charge in [0.05, 0.1) is 0 Å². The van der Waals surface area contributed by atoms with E-state index in [1.807, 2.05) is 0 Å². The van der Waals surface area contributed by atoms with Gasteiger partial charge < -0.3 is 14.9 Å². The normalized spacial score (nSPS) is 11.7. The highest BCUT2D eigenvalue weighted by atomic mass is 16.5. The quantitative estimate of drug-likeness (QED) is 0.421. The Balaban J connectivity index is 3.20. The molecule has 0 amide bonds. The van der Waals surface area contributed by atoms with Crippen molar-refractivity contribution in [2.24, 2.45) is 11.8 Å². The van der Waals surface area contributed by atoms with E-state index in [1.54, 1.807) is 0 Å². The van der Waals surface area contributed by atoms with E-state index < -0.39 is 0 Å². The van der Waals surface area contributed by atoms with Crippen molar-refractivity contribution in [2.75, 3.05) is 26.4 Å². The number of unbranched alkanes of at least 4 members (excludes halogenated alkanes) is 4. The molecule has 0 rings (SSSR count). The molecule has 0 radical (unpaired) electrons. The van der Waals surface area contributed by atoms with Gasteiger partial charge in [0.1, 0.15) is 0 Å². The third kappa shape index (κ3) is 16.1. The summed E-state index contributed by atoms with van der Waals surface area (Å²) in [6.07, 6.45) is 11.6. The zero-order chi connectivity index (χ0) is 15.8. The van der Waals surface area contributed by atoms with E-state index >= 15 is 0 Å². The first-order chi connectivity index (χ1) is 10.2. The Morgan fingerprint density at radius 2 is 1.24 bits per heavy atom. The maximum absolute atomic E-state index is 8.94. The van der Waals surface area contributed by atoms with E-state index in [-0.39, 0.29) is 13.2 Å². The SMILES string of the molecule is CC(C)CCCCCCCOCCCC(CCO)CCO. The maximum Gasteiger partial charge on any atom is 0.0466 e. The van der Waals surface area contributed by atoms with Crippen molar-refractivity contribution >= 4 is 0 Å². The van der Waals surface area contributed by atoms with Crippen LogP contribution in [0.4, 0.5) is 0 Å². The monoisotopic (exact) mass is 302 g/mol. The zero-order valence-corrected chi connectivity index (χ0v) is 14.4. The second-order valence-electron chi connectivity index (χ2n) is 6.60. The van der Waals surface area contributed by atoms with Crippen LogP contribution in [0.3, 0.4) is 0 Å². The van der Waals surface area contributed by atoms with Crippen LogP contribution >= 0.6 is 0 Å². The first-order valence-corrected chi connectivity index (χ1v) is 9.00. The number of hydrogen-bond donors (Lipinski definition) is 2. The van der Waals surface area contributed by atoms with Gasteiger partial charge in [-0.05, 0) is 43.9 Å². The van der Waals surface area contributed by atoms with Gasteiger partial charge >= 0.3 is 0 Å². The number of ether oxygens (including phenoxy) is 1. The molecule has 0 spiro atoms. The second kappa shape index (κ2) is 16.3. The van der Waals surface area contributed by atoms with E-state index in [2.05, 4.69) is 13.8 Å². The van der Waals surface area contributed by atoms with E-state index in [0.29, 0.717) is 5.92 Å².